The summed E-state index contributed by atoms with van der Waals surface area (Å²) >= 11 is 5.99. The summed E-state index contributed by atoms with van der Waals surface area (Å²) in [4.78, 5) is 14.4. The average Bonchev–Trinajstić information content (AvgIpc) is 2.58. The highest BCUT2D eigenvalue weighted by Crippen LogP contribution is 2.40. The van der Waals surface area contributed by atoms with Crippen molar-refractivity contribution in [2.24, 2.45) is 5.41 Å². The van der Waals surface area contributed by atoms with Crippen LogP contribution in [0.3, 0.4) is 0 Å². The molecule has 1 aromatic rings. The maximum atomic E-state index is 11.8. The molecule has 1 saturated carbocycles. The topological polar surface area (TPSA) is 20.3 Å². The number of likely N-dealkylation sites (N-methyl/N-ethyl adjacent to an activating group) is 1. The second-order valence-electron chi connectivity index (χ2n) is 7.49. The second-order valence-corrected chi connectivity index (χ2v) is 7.93. The summed E-state index contributed by atoms with van der Waals surface area (Å²) in [5, 5.41) is 0.793. The van der Waals surface area contributed by atoms with E-state index in [9.17, 15) is 4.79 Å². The van der Waals surface area contributed by atoms with Gasteiger partial charge in [0.2, 0.25) is 0 Å². The fourth-order valence-corrected chi connectivity index (χ4v) is 4.67. The van der Waals surface area contributed by atoms with Gasteiger partial charge in [-0.05, 0) is 63.3 Å². The molecule has 0 heterocycles. The Bertz CT molecular complexity index is 511. The van der Waals surface area contributed by atoms with Crippen LogP contribution in [0.5, 0.6) is 0 Å². The monoisotopic (exact) mass is 349 g/mol. The molecule has 0 aromatic heterocycles. The summed E-state index contributed by atoms with van der Waals surface area (Å²) in [5.41, 5.74) is 1.25. The molecule has 1 aromatic carbocycles. The molecule has 0 radical (unpaired) electrons. The minimum atomic E-state index is -0.0783. The van der Waals surface area contributed by atoms with Gasteiger partial charge < -0.3 is 4.79 Å². The SMILES string of the molecule is CCCC1(C=O)CCCC(N(CC)C(C)Cc2ccc(Cl)cc2)C1. The molecule has 0 saturated heterocycles. The van der Waals surface area contributed by atoms with Crippen molar-refractivity contribution in [3.8, 4) is 0 Å². The number of hydrogen-bond donors (Lipinski definition) is 0. The molecule has 0 aliphatic heterocycles. The summed E-state index contributed by atoms with van der Waals surface area (Å²) in [5.74, 6) is 0. The van der Waals surface area contributed by atoms with E-state index < -0.39 is 0 Å². The summed E-state index contributed by atoms with van der Waals surface area (Å²) < 4.78 is 0. The van der Waals surface area contributed by atoms with Crippen LogP contribution in [0.4, 0.5) is 0 Å². The van der Waals surface area contributed by atoms with Crippen LogP contribution >= 0.6 is 11.6 Å². The predicted octanol–water partition coefficient (Wildman–Crippen LogP) is 5.52. The van der Waals surface area contributed by atoms with E-state index in [0.29, 0.717) is 12.1 Å². The van der Waals surface area contributed by atoms with Crippen molar-refractivity contribution in [3.63, 3.8) is 0 Å². The molecule has 134 valence electrons. The van der Waals surface area contributed by atoms with Gasteiger partial charge in [0, 0.05) is 22.5 Å². The highest BCUT2D eigenvalue weighted by molar-refractivity contribution is 6.30. The van der Waals surface area contributed by atoms with Crippen molar-refractivity contribution in [3.05, 3.63) is 34.9 Å². The Kier molecular flexibility index (Phi) is 7.31. The van der Waals surface area contributed by atoms with Crippen molar-refractivity contribution < 1.29 is 4.79 Å². The molecule has 0 spiro atoms. The van der Waals surface area contributed by atoms with Gasteiger partial charge in [0.05, 0.1) is 0 Å². The van der Waals surface area contributed by atoms with E-state index in [0.717, 1.165) is 43.7 Å². The van der Waals surface area contributed by atoms with Gasteiger partial charge in [0.1, 0.15) is 6.29 Å². The Morgan fingerprint density at radius 3 is 2.62 bits per heavy atom. The first-order valence-electron chi connectivity index (χ1n) is 9.50. The lowest BCUT2D eigenvalue weighted by Crippen LogP contribution is -2.47. The van der Waals surface area contributed by atoms with Gasteiger partial charge in [0.15, 0.2) is 0 Å². The van der Waals surface area contributed by atoms with Crippen molar-refractivity contribution in [1.82, 2.24) is 4.90 Å². The zero-order valence-electron chi connectivity index (χ0n) is 15.4. The molecule has 0 amide bonds. The van der Waals surface area contributed by atoms with E-state index in [1.54, 1.807) is 0 Å². The molecule has 2 nitrogen and oxygen atoms in total. The third-order valence-electron chi connectivity index (χ3n) is 5.70. The Balaban J connectivity index is 2.05. The lowest BCUT2D eigenvalue weighted by molar-refractivity contribution is -0.120. The summed E-state index contributed by atoms with van der Waals surface area (Å²) in [6.45, 7) is 7.79. The normalized spacial score (nSPS) is 25.6. The fraction of sp³-hybridized carbons (Fsp3) is 0.667. The zero-order chi connectivity index (χ0) is 17.6. The highest BCUT2D eigenvalue weighted by Gasteiger charge is 2.38. The van der Waals surface area contributed by atoms with Crippen LogP contribution in [0, 0.1) is 5.41 Å². The lowest BCUT2D eigenvalue weighted by Gasteiger charge is -2.44. The lowest BCUT2D eigenvalue weighted by atomic mass is 9.70. The fourth-order valence-electron chi connectivity index (χ4n) is 4.55. The first kappa shape index (κ1) is 19.5. The summed E-state index contributed by atoms with van der Waals surface area (Å²) in [6.07, 6.45) is 8.93. The predicted molar refractivity (Wildman–Crippen MR) is 103 cm³/mol. The number of hydrogen-bond acceptors (Lipinski definition) is 2. The van der Waals surface area contributed by atoms with Crippen molar-refractivity contribution in [2.75, 3.05) is 6.54 Å². The molecule has 24 heavy (non-hydrogen) atoms. The summed E-state index contributed by atoms with van der Waals surface area (Å²) in [7, 11) is 0. The zero-order valence-corrected chi connectivity index (χ0v) is 16.2. The number of nitrogens with zero attached hydrogens (tertiary/aromatic N) is 1. The molecule has 0 N–H and O–H groups in total. The third-order valence-corrected chi connectivity index (χ3v) is 5.95. The maximum absolute atomic E-state index is 11.8. The molecular weight excluding hydrogens is 318 g/mol. The molecule has 1 aliphatic carbocycles. The van der Waals surface area contributed by atoms with Crippen LogP contribution in [0.1, 0.15) is 64.9 Å². The molecule has 2 rings (SSSR count). The Hall–Kier alpha value is -0.860. The highest BCUT2D eigenvalue weighted by atomic mass is 35.5. The van der Waals surface area contributed by atoms with E-state index in [1.165, 1.54) is 24.7 Å². The van der Waals surface area contributed by atoms with Crippen LogP contribution in [0.25, 0.3) is 0 Å². The minimum Gasteiger partial charge on any atom is -0.303 e. The van der Waals surface area contributed by atoms with Crippen LogP contribution in [-0.2, 0) is 11.2 Å². The first-order chi connectivity index (χ1) is 11.5. The third kappa shape index (κ3) is 4.83. The average molecular weight is 350 g/mol. The van der Waals surface area contributed by atoms with Gasteiger partial charge in [-0.15, -0.1) is 0 Å². The standard InChI is InChI=1S/C21H32ClNO/c1-4-12-21(16-24)13-6-7-20(15-21)23(5-2)17(3)14-18-8-10-19(22)11-9-18/h8-11,16-17,20H,4-7,12-15H2,1-3H3. The van der Waals surface area contributed by atoms with E-state index >= 15 is 0 Å². The molecule has 1 aliphatic rings. The smallest absolute Gasteiger partial charge is 0.126 e. The van der Waals surface area contributed by atoms with Gasteiger partial charge >= 0.3 is 0 Å². The van der Waals surface area contributed by atoms with Gasteiger partial charge in [-0.2, -0.15) is 0 Å². The van der Waals surface area contributed by atoms with Crippen LogP contribution in [-0.4, -0.2) is 29.8 Å². The maximum Gasteiger partial charge on any atom is 0.126 e. The van der Waals surface area contributed by atoms with Gasteiger partial charge in [-0.25, -0.2) is 0 Å². The van der Waals surface area contributed by atoms with Crippen molar-refractivity contribution >= 4 is 17.9 Å². The number of aldehydes is 1. The van der Waals surface area contributed by atoms with E-state index in [4.69, 9.17) is 11.6 Å². The van der Waals surface area contributed by atoms with Crippen molar-refractivity contribution in [1.29, 1.82) is 0 Å². The molecular formula is C21H32ClNO. The van der Waals surface area contributed by atoms with Gasteiger partial charge in [-0.3, -0.25) is 4.90 Å². The van der Waals surface area contributed by atoms with Crippen LogP contribution < -0.4 is 0 Å². The Morgan fingerprint density at radius 2 is 2.04 bits per heavy atom. The molecule has 3 unspecified atom stereocenters. The largest absolute Gasteiger partial charge is 0.303 e. The van der Waals surface area contributed by atoms with Crippen molar-refractivity contribution in [2.45, 2.75) is 77.8 Å². The minimum absolute atomic E-state index is 0.0783. The molecule has 3 heteroatoms. The quantitative estimate of drug-likeness (QED) is 0.576. The number of carbonyl (C=O) groups is 1. The number of rotatable bonds is 8. The van der Waals surface area contributed by atoms with Crippen LogP contribution in [0.2, 0.25) is 5.02 Å². The summed E-state index contributed by atoms with van der Waals surface area (Å²) in [6, 6.07) is 9.20. The van der Waals surface area contributed by atoms with E-state index in [2.05, 4.69) is 37.8 Å². The Labute approximate surface area is 152 Å². The number of halogens is 1. The molecule has 0 bridgehead atoms. The molecule has 1 fully saturated rings. The van der Waals surface area contributed by atoms with Crippen LogP contribution in [0.15, 0.2) is 24.3 Å². The van der Waals surface area contributed by atoms with E-state index in [1.807, 2.05) is 12.1 Å². The first-order valence-corrected chi connectivity index (χ1v) is 9.88. The number of carbonyl (C=O) groups excluding carboxylic acids is 1. The number of benzene rings is 1. The molecule has 3 atom stereocenters. The van der Waals surface area contributed by atoms with E-state index in [-0.39, 0.29) is 5.41 Å². The second kappa shape index (κ2) is 9.01. The van der Waals surface area contributed by atoms with Gasteiger partial charge in [-0.1, -0.05) is 50.4 Å². The van der Waals surface area contributed by atoms with Gasteiger partial charge in [0.25, 0.3) is 0 Å². The Morgan fingerprint density at radius 1 is 1.33 bits per heavy atom.